The SMILES string of the molecule is COc1ccc(OC)c(C2CC(=O)N3CN(C4CCCCC4)CSC3=C2C#N)c1. The van der Waals surface area contributed by atoms with Crippen LogP contribution in [-0.4, -0.2) is 48.5 Å². The summed E-state index contributed by atoms with van der Waals surface area (Å²) in [5.41, 5.74) is 1.49. The zero-order valence-corrected chi connectivity index (χ0v) is 17.8. The summed E-state index contributed by atoms with van der Waals surface area (Å²) in [6.45, 7) is 0.596. The molecule has 2 heterocycles. The number of carbonyl (C=O) groups excluding carboxylic acids is 1. The number of allylic oxidation sites excluding steroid dienone is 1. The summed E-state index contributed by atoms with van der Waals surface area (Å²) in [6, 6.07) is 8.50. The molecule has 2 fully saturated rings. The van der Waals surface area contributed by atoms with Crippen molar-refractivity contribution in [1.29, 1.82) is 5.26 Å². The Morgan fingerprint density at radius 1 is 1.17 bits per heavy atom. The number of amides is 1. The number of benzene rings is 1. The Labute approximate surface area is 176 Å². The van der Waals surface area contributed by atoms with E-state index in [0.717, 1.165) is 16.5 Å². The first-order valence-electron chi connectivity index (χ1n) is 10.2. The monoisotopic (exact) mass is 413 g/mol. The molecule has 0 aromatic heterocycles. The molecule has 1 aliphatic carbocycles. The highest BCUT2D eigenvalue weighted by Crippen LogP contribution is 2.46. The van der Waals surface area contributed by atoms with Crippen LogP contribution < -0.4 is 9.47 Å². The molecule has 4 rings (SSSR count). The van der Waals surface area contributed by atoms with Gasteiger partial charge >= 0.3 is 0 Å². The highest BCUT2D eigenvalue weighted by atomic mass is 32.2. The zero-order valence-electron chi connectivity index (χ0n) is 17.0. The summed E-state index contributed by atoms with van der Waals surface area (Å²) in [7, 11) is 3.22. The summed E-state index contributed by atoms with van der Waals surface area (Å²) in [5.74, 6) is 1.96. The smallest absolute Gasteiger partial charge is 0.229 e. The van der Waals surface area contributed by atoms with Crippen molar-refractivity contribution in [3.8, 4) is 17.6 Å². The molecular formula is C22H27N3O3S. The molecule has 0 radical (unpaired) electrons. The van der Waals surface area contributed by atoms with E-state index < -0.39 is 0 Å². The zero-order chi connectivity index (χ0) is 20.4. The van der Waals surface area contributed by atoms with Gasteiger partial charge in [0.2, 0.25) is 5.91 Å². The van der Waals surface area contributed by atoms with Crippen LogP contribution in [-0.2, 0) is 4.79 Å². The van der Waals surface area contributed by atoms with Crippen molar-refractivity contribution in [2.45, 2.75) is 50.5 Å². The molecular weight excluding hydrogens is 386 g/mol. The second-order valence-corrected chi connectivity index (χ2v) is 8.75. The molecule has 1 unspecified atom stereocenters. The fourth-order valence-corrected chi connectivity index (χ4v) is 5.87. The van der Waals surface area contributed by atoms with Gasteiger partial charge in [-0.1, -0.05) is 31.0 Å². The van der Waals surface area contributed by atoms with Gasteiger partial charge in [0.05, 0.1) is 43.4 Å². The van der Waals surface area contributed by atoms with E-state index in [1.807, 2.05) is 23.1 Å². The van der Waals surface area contributed by atoms with Gasteiger partial charge < -0.3 is 9.47 Å². The molecule has 1 saturated carbocycles. The maximum atomic E-state index is 13.1. The highest BCUT2D eigenvalue weighted by Gasteiger charge is 2.40. The van der Waals surface area contributed by atoms with Gasteiger partial charge in [0.1, 0.15) is 11.5 Å². The lowest BCUT2D eigenvalue weighted by molar-refractivity contribution is -0.132. The van der Waals surface area contributed by atoms with Gasteiger partial charge in [0, 0.05) is 23.9 Å². The van der Waals surface area contributed by atoms with Crippen LogP contribution in [0.1, 0.15) is 50.0 Å². The Balaban J connectivity index is 1.66. The predicted octanol–water partition coefficient (Wildman–Crippen LogP) is 4.05. The minimum atomic E-state index is -0.308. The van der Waals surface area contributed by atoms with Crippen LogP contribution in [0.5, 0.6) is 11.5 Å². The van der Waals surface area contributed by atoms with Crippen LogP contribution in [0, 0.1) is 11.3 Å². The van der Waals surface area contributed by atoms with Gasteiger partial charge in [-0.25, -0.2) is 0 Å². The van der Waals surface area contributed by atoms with Crippen LogP contribution in [0.3, 0.4) is 0 Å². The van der Waals surface area contributed by atoms with Crippen LogP contribution in [0.4, 0.5) is 0 Å². The number of methoxy groups -OCH3 is 2. The van der Waals surface area contributed by atoms with Gasteiger partial charge in [-0.3, -0.25) is 14.6 Å². The summed E-state index contributed by atoms with van der Waals surface area (Å²) >= 11 is 1.62. The van der Waals surface area contributed by atoms with Gasteiger partial charge in [-0.05, 0) is 31.0 Å². The first-order valence-corrected chi connectivity index (χ1v) is 11.2. The van der Waals surface area contributed by atoms with Crippen LogP contribution in [0.2, 0.25) is 0 Å². The molecule has 0 N–H and O–H groups in total. The highest BCUT2D eigenvalue weighted by molar-refractivity contribution is 8.03. The van der Waals surface area contributed by atoms with Crippen molar-refractivity contribution in [3.05, 3.63) is 34.4 Å². The van der Waals surface area contributed by atoms with E-state index in [4.69, 9.17) is 9.47 Å². The fourth-order valence-electron chi connectivity index (χ4n) is 4.63. The number of hydrogen-bond donors (Lipinski definition) is 0. The van der Waals surface area contributed by atoms with E-state index in [2.05, 4.69) is 11.0 Å². The van der Waals surface area contributed by atoms with Gasteiger partial charge in [-0.15, -0.1) is 0 Å². The van der Waals surface area contributed by atoms with Gasteiger partial charge in [0.25, 0.3) is 0 Å². The third kappa shape index (κ3) is 3.84. The van der Waals surface area contributed by atoms with E-state index in [-0.39, 0.29) is 18.2 Å². The number of carbonyl (C=O) groups is 1. The summed E-state index contributed by atoms with van der Waals surface area (Å²) in [5, 5.41) is 10.8. The Hall–Kier alpha value is -2.17. The predicted molar refractivity (Wildman–Crippen MR) is 112 cm³/mol. The second kappa shape index (κ2) is 8.68. The third-order valence-corrected chi connectivity index (χ3v) is 7.39. The molecule has 0 spiro atoms. The summed E-state index contributed by atoms with van der Waals surface area (Å²) in [4.78, 5) is 17.4. The van der Waals surface area contributed by atoms with E-state index in [1.54, 1.807) is 26.0 Å². The average Bonchev–Trinajstić information content (AvgIpc) is 2.79. The lowest BCUT2D eigenvalue weighted by Gasteiger charge is -2.44. The summed E-state index contributed by atoms with van der Waals surface area (Å²) in [6.07, 6.45) is 6.53. The molecule has 1 aromatic rings. The standard InChI is InChI=1S/C22H27N3O3S/c1-27-16-8-9-20(28-2)18(10-16)17-11-21(26)25-13-24(15-6-4-3-5-7-15)14-29-22(25)19(17)12-23/h8-10,15,17H,3-7,11,13-14H2,1-2H3. The lowest BCUT2D eigenvalue weighted by atomic mass is 9.85. The number of rotatable bonds is 4. The number of nitriles is 1. The Morgan fingerprint density at radius 2 is 1.97 bits per heavy atom. The molecule has 1 amide bonds. The van der Waals surface area contributed by atoms with Crippen LogP contribution in [0.15, 0.2) is 28.8 Å². The molecule has 3 aliphatic rings. The number of ether oxygens (including phenoxy) is 2. The largest absolute Gasteiger partial charge is 0.497 e. The van der Waals surface area contributed by atoms with Crippen molar-refractivity contribution >= 4 is 17.7 Å². The quantitative estimate of drug-likeness (QED) is 0.742. The molecule has 1 aromatic carbocycles. The Morgan fingerprint density at radius 3 is 2.66 bits per heavy atom. The minimum absolute atomic E-state index is 0.0712. The molecule has 1 saturated heterocycles. The average molecular weight is 414 g/mol. The maximum absolute atomic E-state index is 13.1. The Kier molecular flexibility index (Phi) is 6.02. The molecule has 0 bridgehead atoms. The van der Waals surface area contributed by atoms with E-state index in [0.29, 0.717) is 29.8 Å². The van der Waals surface area contributed by atoms with Crippen LogP contribution >= 0.6 is 11.8 Å². The molecule has 6 nitrogen and oxygen atoms in total. The van der Waals surface area contributed by atoms with Crippen molar-refractivity contribution in [2.24, 2.45) is 0 Å². The number of fused-ring (bicyclic) bond motifs is 1. The molecule has 154 valence electrons. The topological polar surface area (TPSA) is 65.8 Å². The van der Waals surface area contributed by atoms with Gasteiger partial charge in [-0.2, -0.15) is 5.26 Å². The first-order chi connectivity index (χ1) is 14.2. The third-order valence-electron chi connectivity index (χ3n) is 6.22. The molecule has 2 aliphatic heterocycles. The Bertz CT molecular complexity index is 857. The van der Waals surface area contributed by atoms with Crippen molar-refractivity contribution < 1.29 is 14.3 Å². The number of nitrogens with zero attached hydrogens (tertiary/aromatic N) is 3. The summed E-state index contributed by atoms with van der Waals surface area (Å²) < 4.78 is 10.9. The number of thioether (sulfide) groups is 1. The lowest BCUT2D eigenvalue weighted by Crippen LogP contribution is -2.51. The van der Waals surface area contributed by atoms with Crippen molar-refractivity contribution in [2.75, 3.05) is 26.8 Å². The van der Waals surface area contributed by atoms with E-state index >= 15 is 0 Å². The van der Waals surface area contributed by atoms with Crippen LogP contribution in [0.25, 0.3) is 0 Å². The number of hydrogen-bond acceptors (Lipinski definition) is 6. The van der Waals surface area contributed by atoms with E-state index in [1.165, 1.54) is 32.1 Å². The first kappa shape index (κ1) is 20.1. The fraction of sp³-hybridized carbons (Fsp3) is 0.545. The van der Waals surface area contributed by atoms with Gasteiger partial charge in [0.15, 0.2) is 0 Å². The second-order valence-electron chi connectivity index (χ2n) is 7.81. The molecule has 29 heavy (non-hydrogen) atoms. The minimum Gasteiger partial charge on any atom is -0.497 e. The van der Waals surface area contributed by atoms with Crippen molar-refractivity contribution in [3.63, 3.8) is 0 Å². The molecule has 7 heteroatoms. The molecule has 1 atom stereocenters. The van der Waals surface area contributed by atoms with E-state index in [9.17, 15) is 10.1 Å². The van der Waals surface area contributed by atoms with Crippen molar-refractivity contribution in [1.82, 2.24) is 9.80 Å². The maximum Gasteiger partial charge on any atom is 0.229 e. The normalized spacial score (nSPS) is 23.6.